The summed E-state index contributed by atoms with van der Waals surface area (Å²) in [6.07, 6.45) is 2.33. The number of hydrogen-bond donors (Lipinski definition) is 1. The Balaban J connectivity index is 1.38. The molecule has 2 fully saturated rings. The number of carbonyl (C=O) groups is 1. The zero-order chi connectivity index (χ0) is 18.4. The van der Waals surface area contributed by atoms with Gasteiger partial charge in [0.1, 0.15) is 18.5 Å². The first-order valence-corrected chi connectivity index (χ1v) is 9.56. The van der Waals surface area contributed by atoms with Gasteiger partial charge in [-0.2, -0.15) is 0 Å². The number of benzene rings is 1. The molecule has 0 spiro atoms. The van der Waals surface area contributed by atoms with Gasteiger partial charge in [0.15, 0.2) is 0 Å². The van der Waals surface area contributed by atoms with E-state index >= 15 is 0 Å². The van der Waals surface area contributed by atoms with Crippen molar-refractivity contribution in [2.24, 2.45) is 5.92 Å². The number of nitrogens with zero attached hydrogens (tertiary/aromatic N) is 2. The third kappa shape index (κ3) is 5.43. The number of aliphatic hydroxyl groups is 1. The fourth-order valence-corrected chi connectivity index (χ4v) is 3.59. The van der Waals surface area contributed by atoms with Crippen LogP contribution in [0.4, 0.5) is 0 Å². The van der Waals surface area contributed by atoms with Crippen molar-refractivity contribution in [3.8, 4) is 5.75 Å². The number of aliphatic hydroxyl groups excluding tert-OH is 1. The highest BCUT2D eigenvalue weighted by Crippen LogP contribution is 2.20. The van der Waals surface area contributed by atoms with Gasteiger partial charge >= 0.3 is 5.97 Å². The van der Waals surface area contributed by atoms with Crippen LogP contribution >= 0.6 is 0 Å². The van der Waals surface area contributed by atoms with Crippen LogP contribution < -0.4 is 4.74 Å². The Bertz CT molecular complexity index is 583. The van der Waals surface area contributed by atoms with Gasteiger partial charge in [-0.25, -0.2) is 0 Å². The quantitative estimate of drug-likeness (QED) is 0.708. The summed E-state index contributed by atoms with van der Waals surface area (Å²) in [5.74, 6) is 0.692. The maximum atomic E-state index is 11.6. The molecule has 2 saturated heterocycles. The topological polar surface area (TPSA) is 62.2 Å². The van der Waals surface area contributed by atoms with E-state index in [1.165, 1.54) is 32.2 Å². The molecule has 6 nitrogen and oxygen atoms in total. The highest BCUT2D eigenvalue weighted by Gasteiger charge is 2.26. The van der Waals surface area contributed by atoms with Gasteiger partial charge < -0.3 is 19.5 Å². The smallest absolute Gasteiger partial charge is 0.308 e. The lowest BCUT2D eigenvalue weighted by atomic mass is 9.97. The van der Waals surface area contributed by atoms with E-state index in [2.05, 4.69) is 21.9 Å². The number of methoxy groups -OCH3 is 1. The Morgan fingerprint density at radius 3 is 2.65 bits per heavy atom. The SMILES string of the molecule is COC(=O)C1CCN(C[C@@H](O)COc2cccc(CN3CCC3)c2)CC1. The second kappa shape index (κ2) is 9.35. The van der Waals surface area contributed by atoms with Gasteiger partial charge in [-0.3, -0.25) is 9.69 Å². The van der Waals surface area contributed by atoms with E-state index < -0.39 is 6.10 Å². The van der Waals surface area contributed by atoms with Crippen molar-refractivity contribution < 1.29 is 19.4 Å². The van der Waals surface area contributed by atoms with E-state index in [1.54, 1.807) is 0 Å². The van der Waals surface area contributed by atoms with Crippen molar-refractivity contribution in [2.75, 3.05) is 46.4 Å². The molecule has 6 heteroatoms. The molecular formula is C20H30N2O4. The van der Waals surface area contributed by atoms with Gasteiger partial charge in [0, 0.05) is 13.1 Å². The minimum Gasteiger partial charge on any atom is -0.491 e. The molecule has 0 amide bonds. The molecule has 144 valence electrons. The zero-order valence-corrected chi connectivity index (χ0v) is 15.6. The highest BCUT2D eigenvalue weighted by molar-refractivity contribution is 5.72. The summed E-state index contributed by atoms with van der Waals surface area (Å²) >= 11 is 0. The summed E-state index contributed by atoms with van der Waals surface area (Å²) in [5, 5.41) is 10.3. The van der Waals surface area contributed by atoms with Gasteiger partial charge in [-0.1, -0.05) is 12.1 Å². The van der Waals surface area contributed by atoms with Crippen LogP contribution in [0.1, 0.15) is 24.8 Å². The summed E-state index contributed by atoms with van der Waals surface area (Å²) < 4.78 is 10.6. The zero-order valence-electron chi connectivity index (χ0n) is 15.6. The molecule has 0 aromatic heterocycles. The Hall–Kier alpha value is -1.63. The molecule has 0 radical (unpaired) electrons. The average molecular weight is 362 g/mol. The van der Waals surface area contributed by atoms with Crippen molar-refractivity contribution in [1.82, 2.24) is 9.80 Å². The molecule has 0 aliphatic carbocycles. The lowest BCUT2D eigenvalue weighted by Crippen LogP contribution is -2.42. The standard InChI is InChI=1S/C20H30N2O4/c1-25-20(24)17-6-10-22(11-7-17)14-18(23)15-26-19-5-2-4-16(12-19)13-21-8-3-9-21/h2,4-5,12,17-18,23H,3,6-11,13-15H2,1H3/t18-/m1/s1. The number of hydrogen-bond acceptors (Lipinski definition) is 6. The maximum Gasteiger partial charge on any atom is 0.308 e. The molecule has 0 unspecified atom stereocenters. The van der Waals surface area contributed by atoms with Crippen molar-refractivity contribution in [1.29, 1.82) is 0 Å². The van der Waals surface area contributed by atoms with Crippen LogP contribution in [0, 0.1) is 5.92 Å². The van der Waals surface area contributed by atoms with Crippen LogP contribution in [-0.2, 0) is 16.1 Å². The molecular weight excluding hydrogens is 332 g/mol. The van der Waals surface area contributed by atoms with Gasteiger partial charge in [-0.15, -0.1) is 0 Å². The van der Waals surface area contributed by atoms with Gasteiger partial charge in [0.25, 0.3) is 0 Å². The largest absolute Gasteiger partial charge is 0.491 e. The second-order valence-electron chi connectivity index (χ2n) is 7.34. The molecule has 0 saturated carbocycles. The molecule has 2 heterocycles. The normalized spacial score (nSPS) is 20.4. The predicted octanol–water partition coefficient (Wildman–Crippen LogP) is 1.52. The van der Waals surface area contributed by atoms with E-state index in [0.717, 1.165) is 38.2 Å². The molecule has 2 aliphatic heterocycles. The van der Waals surface area contributed by atoms with Gasteiger partial charge in [-0.05, 0) is 63.1 Å². The monoisotopic (exact) mass is 362 g/mol. The van der Waals surface area contributed by atoms with Crippen LogP contribution in [0.15, 0.2) is 24.3 Å². The molecule has 2 aliphatic rings. The Kier molecular flexibility index (Phi) is 6.88. The number of carbonyl (C=O) groups excluding carboxylic acids is 1. The Morgan fingerprint density at radius 2 is 2.00 bits per heavy atom. The number of ether oxygens (including phenoxy) is 2. The van der Waals surface area contributed by atoms with E-state index in [4.69, 9.17) is 9.47 Å². The third-order valence-corrected chi connectivity index (χ3v) is 5.29. The number of piperidine rings is 1. The van der Waals surface area contributed by atoms with Crippen LogP contribution in [0.25, 0.3) is 0 Å². The fourth-order valence-electron chi connectivity index (χ4n) is 3.59. The van der Waals surface area contributed by atoms with E-state index in [0.29, 0.717) is 6.54 Å². The van der Waals surface area contributed by atoms with Crippen molar-refractivity contribution in [2.45, 2.75) is 31.9 Å². The van der Waals surface area contributed by atoms with Crippen LogP contribution in [0.5, 0.6) is 5.75 Å². The molecule has 26 heavy (non-hydrogen) atoms. The number of likely N-dealkylation sites (tertiary alicyclic amines) is 2. The average Bonchev–Trinajstić information content (AvgIpc) is 2.63. The molecule has 0 bridgehead atoms. The highest BCUT2D eigenvalue weighted by atomic mass is 16.5. The minimum absolute atomic E-state index is 0.00112. The fraction of sp³-hybridized carbons (Fsp3) is 0.650. The van der Waals surface area contributed by atoms with Gasteiger partial charge in [0.05, 0.1) is 13.0 Å². The van der Waals surface area contributed by atoms with Crippen molar-refractivity contribution in [3.05, 3.63) is 29.8 Å². The maximum absolute atomic E-state index is 11.6. The Morgan fingerprint density at radius 1 is 1.23 bits per heavy atom. The molecule has 3 rings (SSSR count). The van der Waals surface area contributed by atoms with Crippen molar-refractivity contribution >= 4 is 5.97 Å². The van der Waals surface area contributed by atoms with E-state index in [9.17, 15) is 9.90 Å². The first-order chi connectivity index (χ1) is 12.6. The Labute approximate surface area is 155 Å². The number of rotatable bonds is 8. The first kappa shape index (κ1) is 19.1. The number of esters is 1. The minimum atomic E-state index is -0.538. The van der Waals surface area contributed by atoms with Crippen LogP contribution in [0.3, 0.4) is 0 Å². The lowest BCUT2D eigenvalue weighted by Gasteiger charge is -2.32. The van der Waals surface area contributed by atoms with Gasteiger partial charge in [0.2, 0.25) is 0 Å². The van der Waals surface area contributed by atoms with E-state index in [-0.39, 0.29) is 18.5 Å². The second-order valence-corrected chi connectivity index (χ2v) is 7.34. The molecule has 1 N–H and O–H groups in total. The summed E-state index contributed by atoms with van der Waals surface area (Å²) in [4.78, 5) is 16.2. The lowest BCUT2D eigenvalue weighted by molar-refractivity contribution is -0.147. The molecule has 1 atom stereocenters. The molecule has 1 aromatic rings. The summed E-state index contributed by atoms with van der Waals surface area (Å²) in [6, 6.07) is 8.13. The third-order valence-electron chi connectivity index (χ3n) is 5.29. The summed E-state index contributed by atoms with van der Waals surface area (Å²) in [7, 11) is 1.44. The number of β-amino-alcohol motifs (C(OH)–C–C–N with tert-alkyl or cyclic N) is 1. The van der Waals surface area contributed by atoms with Crippen molar-refractivity contribution in [3.63, 3.8) is 0 Å². The predicted molar refractivity (Wildman–Crippen MR) is 99.0 cm³/mol. The summed E-state index contributed by atoms with van der Waals surface area (Å²) in [5.41, 5.74) is 1.25. The molecule has 1 aromatic carbocycles. The van der Waals surface area contributed by atoms with Crippen LogP contribution in [-0.4, -0.2) is 73.4 Å². The van der Waals surface area contributed by atoms with Crippen LogP contribution in [0.2, 0.25) is 0 Å². The summed E-state index contributed by atoms with van der Waals surface area (Å²) in [6.45, 7) is 5.79. The first-order valence-electron chi connectivity index (χ1n) is 9.56. The van der Waals surface area contributed by atoms with E-state index in [1.807, 2.05) is 12.1 Å².